The van der Waals surface area contributed by atoms with Gasteiger partial charge in [-0.25, -0.2) is 9.97 Å². The number of imidazole rings is 1. The van der Waals surface area contributed by atoms with Crippen molar-refractivity contribution in [3.05, 3.63) is 144 Å². The van der Waals surface area contributed by atoms with Crippen molar-refractivity contribution in [3.8, 4) is 34.1 Å². The highest BCUT2D eigenvalue weighted by atomic mass is 16.5. The average molecular weight is 613 g/mol. The highest BCUT2D eigenvalue weighted by molar-refractivity contribution is 6.09. The molecule has 5 nitrogen and oxygen atoms in total. The molecular weight excluding hydrogens is 576 g/mol. The second-order valence-electron chi connectivity index (χ2n) is 13.4. The molecule has 0 atom stereocenters. The molecule has 0 N–H and O–H groups in total. The minimum Gasteiger partial charge on any atom is -0.457 e. The van der Waals surface area contributed by atoms with Crippen molar-refractivity contribution in [2.45, 2.75) is 40.0 Å². The van der Waals surface area contributed by atoms with E-state index in [1.165, 1.54) is 27.6 Å². The van der Waals surface area contributed by atoms with Crippen LogP contribution in [-0.2, 0) is 5.41 Å². The minimum absolute atomic E-state index is 0.00344. The van der Waals surface area contributed by atoms with Crippen molar-refractivity contribution in [1.29, 1.82) is 0 Å². The van der Waals surface area contributed by atoms with Crippen LogP contribution in [0.15, 0.2) is 128 Å². The van der Waals surface area contributed by atoms with Crippen molar-refractivity contribution < 1.29 is 4.74 Å². The molecule has 3 heterocycles. The Morgan fingerprint density at radius 1 is 0.617 bits per heavy atom. The maximum absolute atomic E-state index is 6.78. The summed E-state index contributed by atoms with van der Waals surface area (Å²) in [6, 6.07) is 40.3. The molecule has 0 saturated carbocycles. The average Bonchev–Trinajstić information content (AvgIpc) is 3.64. The van der Waals surface area contributed by atoms with Crippen LogP contribution in [0.3, 0.4) is 0 Å². The van der Waals surface area contributed by atoms with Gasteiger partial charge in [0.1, 0.15) is 23.6 Å². The van der Waals surface area contributed by atoms with Gasteiger partial charge in [-0.05, 0) is 102 Å². The first-order chi connectivity index (χ1) is 22.7. The third kappa shape index (κ3) is 5.05. The van der Waals surface area contributed by atoms with Crippen molar-refractivity contribution >= 4 is 32.8 Å². The van der Waals surface area contributed by atoms with Gasteiger partial charge in [0, 0.05) is 29.1 Å². The molecule has 0 aliphatic heterocycles. The van der Waals surface area contributed by atoms with Crippen LogP contribution in [0.2, 0.25) is 0 Å². The first kappa shape index (κ1) is 28.8. The highest BCUT2D eigenvalue weighted by Crippen LogP contribution is 2.38. The lowest BCUT2D eigenvalue weighted by molar-refractivity contribution is 0.483. The van der Waals surface area contributed by atoms with Crippen LogP contribution in [0.5, 0.6) is 11.5 Å². The van der Waals surface area contributed by atoms with Crippen molar-refractivity contribution in [2.75, 3.05) is 0 Å². The molecule has 0 fully saturated rings. The normalized spacial score (nSPS) is 11.9. The summed E-state index contributed by atoms with van der Waals surface area (Å²) >= 11 is 0. The molecule has 5 aromatic carbocycles. The maximum Gasteiger partial charge on any atom is 0.137 e. The molecule has 0 aliphatic rings. The monoisotopic (exact) mass is 612 g/mol. The zero-order valence-electron chi connectivity index (χ0n) is 27.3. The maximum atomic E-state index is 6.78. The van der Waals surface area contributed by atoms with Gasteiger partial charge in [0.2, 0.25) is 0 Å². The van der Waals surface area contributed by atoms with Gasteiger partial charge in [-0.2, -0.15) is 0 Å². The van der Waals surface area contributed by atoms with E-state index in [1.54, 1.807) is 0 Å². The van der Waals surface area contributed by atoms with E-state index < -0.39 is 0 Å². The first-order valence-corrected chi connectivity index (χ1v) is 16.1. The molecule has 47 heavy (non-hydrogen) atoms. The van der Waals surface area contributed by atoms with Gasteiger partial charge < -0.3 is 4.74 Å². The van der Waals surface area contributed by atoms with Crippen LogP contribution in [0.4, 0.5) is 0 Å². The third-order valence-corrected chi connectivity index (χ3v) is 9.11. The van der Waals surface area contributed by atoms with E-state index in [0.717, 1.165) is 56.0 Å². The molecule has 0 unspecified atom stereocenters. The summed E-state index contributed by atoms with van der Waals surface area (Å²) in [5.74, 6) is 2.41. The van der Waals surface area contributed by atoms with E-state index in [-0.39, 0.29) is 5.41 Å². The van der Waals surface area contributed by atoms with Crippen LogP contribution < -0.4 is 4.74 Å². The summed E-state index contributed by atoms with van der Waals surface area (Å²) in [6.45, 7) is 11.0. The number of benzene rings is 5. The number of hydrogen-bond donors (Lipinski definition) is 0. The standard InChI is InChI=1S/C42H36N4O/c1-27-11-10-12-28(2)41(27)29-21-31(45-26-44-36-14-7-9-16-38(36)45)24-33(22-29)47-32-17-18-35-34-13-6-8-15-37(34)46(39(35)25-32)40-23-30(19-20-43-40)42(3,4)5/h6-26H,1-5H3. The van der Waals surface area contributed by atoms with Crippen molar-refractivity contribution in [2.24, 2.45) is 0 Å². The van der Waals surface area contributed by atoms with Gasteiger partial charge in [0.05, 0.1) is 27.8 Å². The summed E-state index contributed by atoms with van der Waals surface area (Å²) in [4.78, 5) is 9.52. The topological polar surface area (TPSA) is 44.9 Å². The molecule has 0 bridgehead atoms. The lowest BCUT2D eigenvalue weighted by atomic mass is 9.88. The number of aryl methyl sites for hydroxylation is 2. The second kappa shape index (κ2) is 11.0. The molecule has 0 spiro atoms. The van der Waals surface area contributed by atoms with E-state index >= 15 is 0 Å². The summed E-state index contributed by atoms with van der Waals surface area (Å²) in [5.41, 5.74) is 11.2. The Kier molecular flexibility index (Phi) is 6.73. The zero-order valence-corrected chi connectivity index (χ0v) is 27.3. The number of nitrogens with zero attached hydrogens (tertiary/aromatic N) is 4. The summed E-state index contributed by atoms with van der Waals surface area (Å²) in [5, 5.41) is 2.34. The number of aromatic nitrogens is 4. The molecule has 0 amide bonds. The van der Waals surface area contributed by atoms with Crippen molar-refractivity contribution in [3.63, 3.8) is 0 Å². The van der Waals surface area contributed by atoms with Crippen LogP contribution in [-0.4, -0.2) is 19.1 Å². The summed E-state index contributed by atoms with van der Waals surface area (Å²) in [6.07, 6.45) is 3.80. The number of hydrogen-bond acceptors (Lipinski definition) is 3. The lowest BCUT2D eigenvalue weighted by Gasteiger charge is -2.20. The largest absolute Gasteiger partial charge is 0.457 e. The quantitative estimate of drug-likeness (QED) is 0.194. The molecule has 0 radical (unpaired) electrons. The van der Waals surface area contributed by atoms with E-state index in [4.69, 9.17) is 9.72 Å². The number of para-hydroxylation sites is 3. The smallest absolute Gasteiger partial charge is 0.137 e. The Bertz CT molecular complexity index is 2440. The van der Waals surface area contributed by atoms with Gasteiger partial charge in [0.15, 0.2) is 0 Å². The van der Waals surface area contributed by atoms with E-state index in [1.807, 2.05) is 30.7 Å². The molecule has 8 aromatic rings. The highest BCUT2D eigenvalue weighted by Gasteiger charge is 2.19. The van der Waals surface area contributed by atoms with Gasteiger partial charge >= 0.3 is 0 Å². The third-order valence-electron chi connectivity index (χ3n) is 9.11. The second-order valence-corrected chi connectivity index (χ2v) is 13.4. The van der Waals surface area contributed by atoms with Gasteiger partial charge in [0.25, 0.3) is 0 Å². The lowest BCUT2D eigenvalue weighted by Crippen LogP contribution is -2.12. The summed E-state index contributed by atoms with van der Waals surface area (Å²) < 4.78 is 11.2. The number of pyridine rings is 1. The zero-order chi connectivity index (χ0) is 32.3. The fraction of sp³-hybridized carbons (Fsp3) is 0.143. The van der Waals surface area contributed by atoms with Crippen LogP contribution in [0, 0.1) is 13.8 Å². The molecular formula is C42H36N4O. The van der Waals surface area contributed by atoms with Crippen LogP contribution in [0.25, 0.3) is 55.5 Å². The molecule has 3 aromatic heterocycles. The Balaban J connectivity index is 1.30. The van der Waals surface area contributed by atoms with Gasteiger partial charge in [-0.1, -0.05) is 69.3 Å². The molecule has 5 heteroatoms. The predicted molar refractivity (Wildman–Crippen MR) is 193 cm³/mol. The first-order valence-electron chi connectivity index (χ1n) is 16.1. The SMILES string of the molecule is Cc1cccc(C)c1-c1cc(Oc2ccc3c4ccccc4n(-c4cc(C(C)(C)C)ccn4)c3c2)cc(-n2cnc3ccccc32)c1. The molecule has 8 rings (SSSR count). The Morgan fingerprint density at radius 2 is 1.36 bits per heavy atom. The number of rotatable bonds is 5. The fourth-order valence-electron chi connectivity index (χ4n) is 6.76. The van der Waals surface area contributed by atoms with Gasteiger partial charge in [-0.3, -0.25) is 9.13 Å². The van der Waals surface area contributed by atoms with Gasteiger partial charge in [-0.15, -0.1) is 0 Å². The van der Waals surface area contributed by atoms with E-state index in [9.17, 15) is 0 Å². The molecule has 0 saturated heterocycles. The number of ether oxygens (including phenoxy) is 1. The van der Waals surface area contributed by atoms with E-state index in [2.05, 4.69) is 146 Å². The van der Waals surface area contributed by atoms with Crippen LogP contribution >= 0.6 is 0 Å². The Labute approximate surface area is 274 Å². The minimum atomic E-state index is 0.00344. The Hall–Kier alpha value is -5.68. The predicted octanol–water partition coefficient (Wildman–Crippen LogP) is 10.9. The number of fused-ring (bicyclic) bond motifs is 4. The molecule has 230 valence electrons. The summed E-state index contributed by atoms with van der Waals surface area (Å²) in [7, 11) is 0. The Morgan fingerprint density at radius 3 is 2.17 bits per heavy atom. The van der Waals surface area contributed by atoms with Crippen LogP contribution in [0.1, 0.15) is 37.5 Å². The van der Waals surface area contributed by atoms with E-state index in [0.29, 0.717) is 0 Å². The molecule has 0 aliphatic carbocycles. The fourth-order valence-corrected chi connectivity index (χ4v) is 6.76. The van der Waals surface area contributed by atoms with Crippen molar-refractivity contribution in [1.82, 2.24) is 19.1 Å².